The third-order valence-corrected chi connectivity index (χ3v) is 4.12. The van der Waals surface area contributed by atoms with Crippen LogP contribution in [0.4, 0.5) is 0 Å². The molecule has 0 saturated carbocycles. The number of fused-ring (bicyclic) bond motifs is 1. The van der Waals surface area contributed by atoms with Crippen molar-refractivity contribution in [3.63, 3.8) is 0 Å². The summed E-state index contributed by atoms with van der Waals surface area (Å²) in [5, 5.41) is 21.5. The fourth-order valence-electron chi connectivity index (χ4n) is 2.53. The van der Waals surface area contributed by atoms with Gasteiger partial charge >= 0.3 is 5.97 Å². The van der Waals surface area contributed by atoms with E-state index in [2.05, 4.69) is 38.2 Å². The zero-order valence-corrected chi connectivity index (χ0v) is 13.7. The van der Waals surface area contributed by atoms with Crippen molar-refractivity contribution in [2.75, 3.05) is 13.2 Å². The molecule has 5 nitrogen and oxygen atoms in total. The number of nitrogens with one attached hydrogen (secondary N) is 1. The van der Waals surface area contributed by atoms with E-state index < -0.39 is 18.1 Å². The topological polar surface area (TPSA) is 78.8 Å². The Labute approximate surface area is 131 Å². The fourth-order valence-corrected chi connectivity index (χ4v) is 2.53. The number of carboxylic acids is 1. The molecule has 0 bridgehead atoms. The van der Waals surface area contributed by atoms with Crippen molar-refractivity contribution < 1.29 is 19.7 Å². The monoisotopic (exact) mass is 307 g/mol. The number of aliphatic hydroxyl groups excluding tert-OH is 1. The summed E-state index contributed by atoms with van der Waals surface area (Å²) in [4.78, 5) is 11.2. The van der Waals surface area contributed by atoms with Crippen molar-refractivity contribution in [2.24, 2.45) is 0 Å². The Morgan fingerprint density at radius 2 is 2.00 bits per heavy atom. The number of ether oxygens (including phenoxy) is 1. The Hall–Kier alpha value is -1.59. The Bertz CT molecular complexity index is 577. The molecule has 0 spiro atoms. The molecule has 0 aliphatic carbocycles. The van der Waals surface area contributed by atoms with Gasteiger partial charge in [-0.25, -0.2) is 0 Å². The Balaban J connectivity index is 2.28. The summed E-state index contributed by atoms with van der Waals surface area (Å²) >= 11 is 0. The van der Waals surface area contributed by atoms with Gasteiger partial charge in [-0.1, -0.05) is 32.9 Å². The van der Waals surface area contributed by atoms with Crippen molar-refractivity contribution in [3.8, 4) is 5.75 Å². The van der Waals surface area contributed by atoms with E-state index in [1.807, 2.05) is 0 Å². The lowest BCUT2D eigenvalue weighted by molar-refractivity contribution is -0.145. The number of rotatable bonds is 5. The van der Waals surface area contributed by atoms with E-state index in [1.54, 1.807) is 0 Å². The molecule has 1 aliphatic heterocycles. The summed E-state index contributed by atoms with van der Waals surface area (Å²) in [6, 6.07) is 4.13. The number of hydrogen-bond acceptors (Lipinski definition) is 4. The normalized spacial score (nSPS) is 16.8. The van der Waals surface area contributed by atoms with Gasteiger partial charge in [0.15, 0.2) is 0 Å². The molecule has 122 valence electrons. The van der Waals surface area contributed by atoms with Crippen LogP contribution in [0.25, 0.3) is 0 Å². The fraction of sp³-hybridized carbons (Fsp3) is 0.588. The van der Waals surface area contributed by atoms with Crippen LogP contribution >= 0.6 is 0 Å². The average Bonchev–Trinajstić information content (AvgIpc) is 2.90. The summed E-state index contributed by atoms with van der Waals surface area (Å²) in [6.45, 7) is 8.52. The molecule has 0 amide bonds. The summed E-state index contributed by atoms with van der Waals surface area (Å²) in [6.07, 6.45) is 0.877. The molecule has 2 rings (SSSR count). The van der Waals surface area contributed by atoms with E-state index in [0.717, 1.165) is 23.3 Å². The van der Waals surface area contributed by atoms with Gasteiger partial charge in [0.25, 0.3) is 0 Å². The third-order valence-electron chi connectivity index (χ3n) is 4.12. The van der Waals surface area contributed by atoms with Crippen LogP contribution in [0, 0.1) is 0 Å². The van der Waals surface area contributed by atoms with Crippen LogP contribution in [0.2, 0.25) is 0 Å². The molecule has 0 fully saturated rings. The lowest BCUT2D eigenvalue weighted by Gasteiger charge is -2.26. The van der Waals surface area contributed by atoms with E-state index >= 15 is 0 Å². The first-order chi connectivity index (χ1) is 10.2. The second-order valence-corrected chi connectivity index (χ2v) is 7.13. The largest absolute Gasteiger partial charge is 0.493 e. The van der Waals surface area contributed by atoms with Gasteiger partial charge < -0.3 is 14.9 Å². The molecule has 0 aromatic heterocycles. The molecular weight excluding hydrogens is 282 g/mol. The second-order valence-electron chi connectivity index (χ2n) is 7.13. The maximum atomic E-state index is 11.2. The molecular formula is C17H25NO4. The molecule has 0 saturated heterocycles. The highest BCUT2D eigenvalue weighted by Gasteiger charge is 2.32. The highest BCUT2D eigenvalue weighted by atomic mass is 16.5. The zero-order valence-electron chi connectivity index (χ0n) is 13.7. The minimum absolute atomic E-state index is 0.0441. The smallest absolute Gasteiger partial charge is 0.326 e. The molecule has 1 atom stereocenters. The highest BCUT2D eigenvalue weighted by molar-refractivity contribution is 5.78. The summed E-state index contributed by atoms with van der Waals surface area (Å²) in [7, 11) is 0. The molecule has 1 heterocycles. The van der Waals surface area contributed by atoms with Gasteiger partial charge in [0.05, 0.1) is 13.2 Å². The summed E-state index contributed by atoms with van der Waals surface area (Å²) in [5.41, 5.74) is 1.94. The maximum absolute atomic E-state index is 11.2. The summed E-state index contributed by atoms with van der Waals surface area (Å²) in [5.74, 6) is -0.0880. The molecule has 1 aromatic carbocycles. The predicted molar refractivity (Wildman–Crippen MR) is 84.3 cm³/mol. The lowest BCUT2D eigenvalue weighted by atomic mass is 9.84. The molecule has 5 heteroatoms. The number of carboxylic acid groups (broad SMARTS) is 1. The Morgan fingerprint density at radius 1 is 1.32 bits per heavy atom. The standard InChI is InChI=1S/C17H25NO4/c1-16(2,3)13-8-11(7-12-5-6-22-14(12)13)9-18-17(4,10-19)15(20)21/h7-8,18-19H,5-6,9-10H2,1-4H3,(H,20,21). The van der Waals surface area contributed by atoms with Gasteiger partial charge in [0, 0.05) is 18.5 Å². The van der Waals surface area contributed by atoms with Crippen LogP contribution in [-0.4, -0.2) is 34.9 Å². The number of aliphatic hydroxyl groups is 1. The van der Waals surface area contributed by atoms with Crippen LogP contribution < -0.4 is 10.1 Å². The van der Waals surface area contributed by atoms with Crippen molar-refractivity contribution in [2.45, 2.75) is 51.6 Å². The quantitative estimate of drug-likeness (QED) is 0.773. The molecule has 1 aromatic rings. The van der Waals surface area contributed by atoms with Gasteiger partial charge in [-0.05, 0) is 23.5 Å². The first-order valence-electron chi connectivity index (χ1n) is 7.56. The molecule has 22 heavy (non-hydrogen) atoms. The van der Waals surface area contributed by atoms with Gasteiger partial charge in [0.2, 0.25) is 0 Å². The second kappa shape index (κ2) is 5.89. The van der Waals surface area contributed by atoms with E-state index in [9.17, 15) is 15.0 Å². The number of benzene rings is 1. The molecule has 1 aliphatic rings. The van der Waals surface area contributed by atoms with Crippen molar-refractivity contribution in [3.05, 3.63) is 28.8 Å². The van der Waals surface area contributed by atoms with Crippen LogP contribution in [0.5, 0.6) is 5.75 Å². The number of aliphatic carboxylic acids is 1. The van der Waals surface area contributed by atoms with Crippen LogP contribution in [0.3, 0.4) is 0 Å². The van der Waals surface area contributed by atoms with Crippen LogP contribution in [0.1, 0.15) is 44.4 Å². The van der Waals surface area contributed by atoms with E-state index in [-0.39, 0.29) is 5.41 Å². The molecule has 3 N–H and O–H groups in total. The first-order valence-corrected chi connectivity index (χ1v) is 7.56. The SMILES string of the molecule is CC(CO)(NCc1cc2c(c(C(C)(C)C)c1)OCC2)C(=O)O. The Morgan fingerprint density at radius 3 is 2.55 bits per heavy atom. The van der Waals surface area contributed by atoms with E-state index in [4.69, 9.17) is 4.74 Å². The number of carbonyl (C=O) groups is 1. The average molecular weight is 307 g/mol. The third kappa shape index (κ3) is 3.25. The van der Waals surface area contributed by atoms with Gasteiger partial charge in [-0.2, -0.15) is 0 Å². The van der Waals surface area contributed by atoms with Crippen molar-refractivity contribution >= 4 is 5.97 Å². The predicted octanol–water partition coefficient (Wildman–Crippen LogP) is 1.84. The zero-order chi connectivity index (χ0) is 16.5. The Kier molecular flexibility index (Phi) is 4.49. The molecule has 1 unspecified atom stereocenters. The minimum atomic E-state index is -1.34. The number of hydrogen-bond donors (Lipinski definition) is 3. The van der Waals surface area contributed by atoms with Gasteiger partial charge in [-0.3, -0.25) is 10.1 Å². The highest BCUT2D eigenvalue weighted by Crippen LogP contribution is 2.38. The summed E-state index contributed by atoms with van der Waals surface area (Å²) < 4.78 is 5.76. The van der Waals surface area contributed by atoms with Gasteiger partial charge in [0.1, 0.15) is 11.3 Å². The molecule has 0 radical (unpaired) electrons. The lowest BCUT2D eigenvalue weighted by Crippen LogP contribution is -2.52. The van der Waals surface area contributed by atoms with E-state index in [0.29, 0.717) is 13.2 Å². The first kappa shape index (κ1) is 16.8. The minimum Gasteiger partial charge on any atom is -0.493 e. The maximum Gasteiger partial charge on any atom is 0.326 e. The van der Waals surface area contributed by atoms with Crippen LogP contribution in [0.15, 0.2) is 12.1 Å². The van der Waals surface area contributed by atoms with Gasteiger partial charge in [-0.15, -0.1) is 0 Å². The van der Waals surface area contributed by atoms with Crippen LogP contribution in [-0.2, 0) is 23.2 Å². The van der Waals surface area contributed by atoms with Crippen molar-refractivity contribution in [1.82, 2.24) is 5.32 Å². The van der Waals surface area contributed by atoms with Crippen molar-refractivity contribution in [1.29, 1.82) is 0 Å². The van der Waals surface area contributed by atoms with E-state index in [1.165, 1.54) is 12.5 Å².